The van der Waals surface area contributed by atoms with Crippen molar-refractivity contribution in [2.45, 2.75) is 30.8 Å². The van der Waals surface area contributed by atoms with Crippen LogP contribution in [0.25, 0.3) is 11.2 Å². The summed E-state index contributed by atoms with van der Waals surface area (Å²) in [7, 11) is 0. The van der Waals surface area contributed by atoms with Crippen LogP contribution in [0.4, 0.5) is 15.4 Å². The van der Waals surface area contributed by atoms with Gasteiger partial charge in [-0.1, -0.05) is 0 Å². The molecule has 15 nitrogen and oxygen atoms in total. The molecule has 15 heteroatoms. The fourth-order valence-corrected chi connectivity index (χ4v) is 2.65. The third-order valence-electron chi connectivity index (χ3n) is 3.81. The predicted molar refractivity (Wildman–Crippen MR) is 86.3 cm³/mol. The molecular weight excluding hydrogens is 366 g/mol. The van der Waals surface area contributed by atoms with Crippen LogP contribution in [0.1, 0.15) is 6.23 Å². The van der Waals surface area contributed by atoms with Crippen molar-refractivity contribution in [3.8, 4) is 0 Å². The number of anilines is 1. The number of nitrogens with one attached hydrogen (secondary N) is 3. The summed E-state index contributed by atoms with van der Waals surface area (Å²) in [6, 6.07) is -1.88. The summed E-state index contributed by atoms with van der Waals surface area (Å²) in [4.78, 5) is 33.7. The van der Waals surface area contributed by atoms with E-state index in [1.807, 2.05) is 5.32 Å². The van der Waals surface area contributed by atoms with Crippen molar-refractivity contribution in [3.05, 3.63) is 12.7 Å². The van der Waals surface area contributed by atoms with E-state index < -0.39 is 42.8 Å². The van der Waals surface area contributed by atoms with Gasteiger partial charge in [-0.15, -0.1) is 0 Å². The molecule has 1 aliphatic rings. The highest BCUT2D eigenvalue weighted by atomic mass is 16.6. The highest BCUT2D eigenvalue weighted by Crippen LogP contribution is 2.33. The Morgan fingerprint density at radius 2 is 1.93 bits per heavy atom. The number of urea groups is 2. The Bertz CT molecular complexity index is 859. The van der Waals surface area contributed by atoms with Gasteiger partial charge in [0.05, 0.1) is 6.33 Å². The number of carbonyl (C=O) groups is 2. The Morgan fingerprint density at radius 1 is 1.19 bits per heavy atom. The number of hydrogen-bond acceptors (Lipinski definition) is 10. The quantitative estimate of drug-likeness (QED) is 0.187. The molecular formula is C12H17N9O6. The fourth-order valence-electron chi connectivity index (χ4n) is 2.65. The average Bonchev–Trinajstić information content (AvgIpc) is 3.15. The SMILES string of the molecule is NC(=O)NNc1ncnc2c1ncn2[C@@H]1O[C@H](C(O)NC(N)=O)[C@@H](O)[C@H]1O. The maximum Gasteiger partial charge on any atom is 0.330 e. The zero-order chi connectivity index (χ0) is 19.7. The molecule has 1 saturated heterocycles. The van der Waals surface area contributed by atoms with Gasteiger partial charge in [0.1, 0.15) is 24.6 Å². The molecule has 5 atom stereocenters. The van der Waals surface area contributed by atoms with E-state index in [4.69, 9.17) is 16.2 Å². The molecule has 0 spiro atoms. The van der Waals surface area contributed by atoms with Crippen molar-refractivity contribution in [3.63, 3.8) is 0 Å². The molecule has 0 aromatic carbocycles. The largest absolute Gasteiger partial charge is 0.387 e. The molecule has 1 unspecified atom stereocenters. The second-order valence-corrected chi connectivity index (χ2v) is 5.59. The molecule has 3 heterocycles. The van der Waals surface area contributed by atoms with E-state index >= 15 is 0 Å². The molecule has 2 aromatic heterocycles. The molecule has 1 aliphatic heterocycles. The van der Waals surface area contributed by atoms with Crippen LogP contribution < -0.4 is 27.6 Å². The Balaban J connectivity index is 1.88. The summed E-state index contributed by atoms with van der Waals surface area (Å²) in [5.74, 6) is 0.123. The zero-order valence-electron chi connectivity index (χ0n) is 13.6. The fraction of sp³-hybridized carbons (Fsp3) is 0.417. The van der Waals surface area contributed by atoms with E-state index in [0.717, 1.165) is 6.33 Å². The number of primary amides is 2. The Hall–Kier alpha value is -3.27. The highest BCUT2D eigenvalue weighted by Gasteiger charge is 2.47. The van der Waals surface area contributed by atoms with Gasteiger partial charge in [0.2, 0.25) is 0 Å². The number of imidazole rings is 1. The van der Waals surface area contributed by atoms with Gasteiger partial charge in [-0.2, -0.15) is 0 Å². The minimum absolute atomic E-state index is 0.123. The van der Waals surface area contributed by atoms with Gasteiger partial charge in [-0.3, -0.25) is 15.4 Å². The smallest absolute Gasteiger partial charge is 0.330 e. The normalized spacial score (nSPS) is 25.9. The van der Waals surface area contributed by atoms with E-state index in [2.05, 4.69) is 25.8 Å². The molecule has 1 fully saturated rings. The molecule has 10 N–H and O–H groups in total. The Labute approximate surface area is 150 Å². The number of aromatic nitrogens is 4. The first-order valence-electron chi connectivity index (χ1n) is 7.54. The van der Waals surface area contributed by atoms with E-state index in [9.17, 15) is 24.9 Å². The minimum atomic E-state index is -1.65. The lowest BCUT2D eigenvalue weighted by molar-refractivity contribution is -0.0890. The number of nitrogens with two attached hydrogens (primary N) is 2. The number of aliphatic hydroxyl groups is 3. The minimum Gasteiger partial charge on any atom is -0.387 e. The summed E-state index contributed by atoms with van der Waals surface area (Å²) in [5, 5.41) is 32.2. The van der Waals surface area contributed by atoms with Gasteiger partial charge < -0.3 is 36.8 Å². The van der Waals surface area contributed by atoms with Crippen LogP contribution in [0, 0.1) is 0 Å². The van der Waals surface area contributed by atoms with Gasteiger partial charge >= 0.3 is 12.1 Å². The number of ether oxygens (including phenoxy) is 1. The van der Waals surface area contributed by atoms with Crippen LogP contribution in [0.2, 0.25) is 0 Å². The summed E-state index contributed by atoms with van der Waals surface area (Å²) in [6.07, 6.45) is -4.80. The molecule has 4 amide bonds. The molecule has 146 valence electrons. The third kappa shape index (κ3) is 3.51. The first-order valence-corrected chi connectivity index (χ1v) is 7.54. The lowest BCUT2D eigenvalue weighted by Gasteiger charge is -2.20. The second kappa shape index (κ2) is 7.16. The van der Waals surface area contributed by atoms with Crippen molar-refractivity contribution in [1.29, 1.82) is 0 Å². The number of fused-ring (bicyclic) bond motifs is 1. The Morgan fingerprint density at radius 3 is 2.59 bits per heavy atom. The van der Waals surface area contributed by atoms with Crippen molar-refractivity contribution < 1.29 is 29.6 Å². The summed E-state index contributed by atoms with van der Waals surface area (Å²) in [6.45, 7) is 0. The molecule has 27 heavy (non-hydrogen) atoms. The number of carbonyl (C=O) groups excluding carboxylic acids is 2. The van der Waals surface area contributed by atoms with Crippen LogP contribution in [-0.2, 0) is 4.74 Å². The number of rotatable bonds is 5. The molecule has 0 aliphatic carbocycles. The van der Waals surface area contributed by atoms with Crippen LogP contribution in [-0.4, -0.2) is 71.4 Å². The molecule has 0 radical (unpaired) electrons. The maximum atomic E-state index is 10.9. The first kappa shape index (κ1) is 18.5. The number of hydrogen-bond donors (Lipinski definition) is 8. The van der Waals surface area contributed by atoms with Gasteiger partial charge in [-0.25, -0.2) is 24.5 Å². The third-order valence-corrected chi connectivity index (χ3v) is 3.81. The van der Waals surface area contributed by atoms with Crippen LogP contribution in [0.15, 0.2) is 12.7 Å². The van der Waals surface area contributed by atoms with Gasteiger partial charge in [0.25, 0.3) is 0 Å². The number of nitrogens with zero attached hydrogens (tertiary/aromatic N) is 4. The van der Waals surface area contributed by atoms with E-state index in [1.165, 1.54) is 10.9 Å². The molecule has 0 saturated carbocycles. The summed E-state index contributed by atoms with van der Waals surface area (Å²) in [5.41, 5.74) is 14.9. The van der Waals surface area contributed by atoms with Gasteiger partial charge in [0, 0.05) is 0 Å². The van der Waals surface area contributed by atoms with E-state index in [1.54, 1.807) is 0 Å². The van der Waals surface area contributed by atoms with E-state index in [0.29, 0.717) is 0 Å². The summed E-state index contributed by atoms with van der Waals surface area (Å²) < 4.78 is 6.76. The highest BCUT2D eigenvalue weighted by molar-refractivity contribution is 5.84. The number of hydrazine groups is 1. The standard InChI is InChI=1S/C12H17N9O6/c13-11(25)18-9(24)6-4(22)5(23)10(27-6)21-2-17-3-7(19-20-12(14)26)15-1-16-8(3)21/h1-2,4-6,9-10,22-24H,(H3,13,18,25)(H3,14,20,26)(H,15,16,19)/t4-,5+,6-,9?,10+/m0/s1. The topological polar surface area (TPSA) is 236 Å². The molecule has 2 aromatic rings. The predicted octanol–water partition coefficient (Wildman–Crippen LogP) is -3.57. The van der Waals surface area contributed by atoms with Crippen LogP contribution in [0.5, 0.6) is 0 Å². The van der Waals surface area contributed by atoms with Crippen LogP contribution >= 0.6 is 0 Å². The summed E-state index contributed by atoms with van der Waals surface area (Å²) >= 11 is 0. The van der Waals surface area contributed by atoms with Crippen LogP contribution in [0.3, 0.4) is 0 Å². The lowest BCUT2D eigenvalue weighted by atomic mass is 10.1. The van der Waals surface area contributed by atoms with Crippen molar-refractivity contribution >= 4 is 29.0 Å². The number of aliphatic hydroxyl groups excluding tert-OH is 3. The van der Waals surface area contributed by atoms with Gasteiger partial charge in [0.15, 0.2) is 29.4 Å². The maximum absolute atomic E-state index is 10.9. The first-order chi connectivity index (χ1) is 12.8. The number of amides is 4. The van der Waals surface area contributed by atoms with E-state index in [-0.39, 0.29) is 17.0 Å². The second-order valence-electron chi connectivity index (χ2n) is 5.59. The Kier molecular flexibility index (Phi) is 4.91. The molecule has 0 bridgehead atoms. The van der Waals surface area contributed by atoms with Gasteiger partial charge in [-0.05, 0) is 0 Å². The van der Waals surface area contributed by atoms with Crippen molar-refractivity contribution in [2.24, 2.45) is 11.5 Å². The monoisotopic (exact) mass is 383 g/mol. The van der Waals surface area contributed by atoms with Crippen molar-refractivity contribution in [1.82, 2.24) is 30.3 Å². The molecule has 3 rings (SSSR count). The average molecular weight is 383 g/mol. The zero-order valence-corrected chi connectivity index (χ0v) is 13.6. The lowest BCUT2D eigenvalue weighted by Crippen LogP contribution is -2.50. The van der Waals surface area contributed by atoms with Crippen molar-refractivity contribution in [2.75, 3.05) is 5.43 Å².